The zero-order chi connectivity index (χ0) is 14.2. The van der Waals surface area contributed by atoms with E-state index in [1.807, 2.05) is 24.3 Å². The molecule has 1 saturated carbocycles. The number of anilines is 1. The van der Waals surface area contributed by atoms with Gasteiger partial charge in [-0.15, -0.1) is 0 Å². The molecular formula is C15H18N2O3. The number of carbonyl (C=O) groups excluding carboxylic acids is 1. The van der Waals surface area contributed by atoms with Crippen molar-refractivity contribution in [2.24, 2.45) is 5.41 Å². The van der Waals surface area contributed by atoms with Gasteiger partial charge in [0.05, 0.1) is 5.41 Å². The number of carbonyl (C=O) groups is 2. The first-order chi connectivity index (χ1) is 9.62. The molecule has 0 aromatic heterocycles. The van der Waals surface area contributed by atoms with E-state index in [9.17, 15) is 14.7 Å². The largest absolute Gasteiger partial charge is 0.481 e. The van der Waals surface area contributed by atoms with Crippen molar-refractivity contribution < 1.29 is 14.7 Å². The molecule has 20 heavy (non-hydrogen) atoms. The highest BCUT2D eigenvalue weighted by atomic mass is 16.4. The van der Waals surface area contributed by atoms with Gasteiger partial charge < -0.3 is 10.4 Å². The van der Waals surface area contributed by atoms with Crippen LogP contribution in [0.5, 0.6) is 0 Å². The lowest BCUT2D eigenvalue weighted by atomic mass is 9.69. The summed E-state index contributed by atoms with van der Waals surface area (Å²) in [6.45, 7) is 0.880. The minimum atomic E-state index is -0.800. The Labute approximate surface area is 117 Å². The summed E-state index contributed by atoms with van der Waals surface area (Å²) in [7, 11) is 0. The lowest BCUT2D eigenvalue weighted by Gasteiger charge is -2.38. The number of nitrogens with zero attached hydrogens (tertiary/aromatic N) is 1. The number of para-hydroxylation sites is 1. The summed E-state index contributed by atoms with van der Waals surface area (Å²) >= 11 is 0. The summed E-state index contributed by atoms with van der Waals surface area (Å²) in [5.41, 5.74) is 1.36. The molecule has 1 aliphatic carbocycles. The summed E-state index contributed by atoms with van der Waals surface area (Å²) < 4.78 is 0. The van der Waals surface area contributed by atoms with Crippen LogP contribution in [0.1, 0.15) is 24.8 Å². The third-order valence-electron chi connectivity index (χ3n) is 4.47. The van der Waals surface area contributed by atoms with Gasteiger partial charge in [-0.2, -0.15) is 0 Å². The van der Waals surface area contributed by atoms with E-state index in [1.54, 1.807) is 4.90 Å². The van der Waals surface area contributed by atoms with Crippen LogP contribution in [0.15, 0.2) is 24.3 Å². The Hall–Kier alpha value is -2.04. The second kappa shape index (κ2) is 4.81. The van der Waals surface area contributed by atoms with Gasteiger partial charge in [-0.25, -0.2) is 4.79 Å². The van der Waals surface area contributed by atoms with Gasteiger partial charge in [0.1, 0.15) is 0 Å². The number of hydrogen-bond acceptors (Lipinski definition) is 2. The number of urea groups is 1. The number of nitrogens with one attached hydrogen (secondary N) is 1. The first-order valence-electron chi connectivity index (χ1n) is 6.99. The lowest BCUT2D eigenvalue weighted by molar-refractivity contribution is -0.153. The molecule has 106 valence electrons. The van der Waals surface area contributed by atoms with Gasteiger partial charge in [0.15, 0.2) is 0 Å². The highest BCUT2D eigenvalue weighted by molar-refractivity contribution is 5.94. The fourth-order valence-corrected chi connectivity index (χ4v) is 2.96. The Bertz CT molecular complexity index is 552. The predicted molar refractivity (Wildman–Crippen MR) is 74.8 cm³/mol. The molecule has 1 heterocycles. The summed E-state index contributed by atoms with van der Waals surface area (Å²) in [5.74, 6) is -0.800. The van der Waals surface area contributed by atoms with Crippen LogP contribution in [0, 0.1) is 5.41 Å². The quantitative estimate of drug-likeness (QED) is 0.886. The molecule has 0 radical (unpaired) electrons. The molecule has 1 fully saturated rings. The molecule has 5 heteroatoms. The Morgan fingerprint density at radius 3 is 2.70 bits per heavy atom. The Balaban J connectivity index is 1.65. The predicted octanol–water partition coefficient (Wildman–Crippen LogP) is 2.01. The van der Waals surface area contributed by atoms with Crippen molar-refractivity contribution in [2.45, 2.75) is 25.7 Å². The number of benzene rings is 1. The molecular weight excluding hydrogens is 256 g/mol. The van der Waals surface area contributed by atoms with Gasteiger partial charge in [0.25, 0.3) is 0 Å². The number of carboxylic acids is 1. The zero-order valence-corrected chi connectivity index (χ0v) is 11.3. The van der Waals surface area contributed by atoms with Gasteiger partial charge in [-0.1, -0.05) is 24.6 Å². The van der Waals surface area contributed by atoms with Crippen molar-refractivity contribution in [3.8, 4) is 0 Å². The van der Waals surface area contributed by atoms with E-state index in [0.717, 1.165) is 18.5 Å². The SMILES string of the molecule is O=C(NCC1(C(=O)O)CCC1)N1CCc2ccccc21. The first kappa shape index (κ1) is 13.0. The van der Waals surface area contributed by atoms with Crippen LogP contribution in [0.3, 0.4) is 0 Å². The fraction of sp³-hybridized carbons (Fsp3) is 0.467. The van der Waals surface area contributed by atoms with E-state index in [-0.39, 0.29) is 12.6 Å². The molecule has 0 atom stereocenters. The van der Waals surface area contributed by atoms with E-state index in [0.29, 0.717) is 19.4 Å². The van der Waals surface area contributed by atoms with Crippen LogP contribution in [0.4, 0.5) is 10.5 Å². The average molecular weight is 274 g/mol. The number of amides is 2. The number of hydrogen-bond donors (Lipinski definition) is 2. The van der Waals surface area contributed by atoms with Crippen LogP contribution in [-0.4, -0.2) is 30.2 Å². The molecule has 0 spiro atoms. The van der Waals surface area contributed by atoms with Crippen LogP contribution in [0.25, 0.3) is 0 Å². The number of aliphatic carboxylic acids is 1. The maximum absolute atomic E-state index is 12.2. The van der Waals surface area contributed by atoms with Gasteiger partial charge in [-0.3, -0.25) is 9.69 Å². The smallest absolute Gasteiger partial charge is 0.321 e. The van der Waals surface area contributed by atoms with E-state index in [4.69, 9.17) is 0 Å². The first-order valence-corrected chi connectivity index (χ1v) is 6.99. The monoisotopic (exact) mass is 274 g/mol. The van der Waals surface area contributed by atoms with Crippen LogP contribution in [0.2, 0.25) is 0 Å². The normalized spacial score (nSPS) is 19.1. The van der Waals surface area contributed by atoms with Gasteiger partial charge in [-0.05, 0) is 30.9 Å². The summed E-state index contributed by atoms with van der Waals surface area (Å²) in [6.07, 6.45) is 3.08. The molecule has 0 bridgehead atoms. The van der Waals surface area contributed by atoms with Gasteiger partial charge in [0.2, 0.25) is 0 Å². The number of rotatable bonds is 3. The van der Waals surface area contributed by atoms with Crippen molar-refractivity contribution >= 4 is 17.7 Å². The third kappa shape index (κ3) is 2.03. The van der Waals surface area contributed by atoms with Gasteiger partial charge >= 0.3 is 12.0 Å². The Morgan fingerprint density at radius 2 is 2.05 bits per heavy atom. The van der Waals surface area contributed by atoms with E-state index in [2.05, 4.69) is 5.32 Å². The van der Waals surface area contributed by atoms with Crippen LogP contribution < -0.4 is 10.2 Å². The number of fused-ring (bicyclic) bond motifs is 1. The van der Waals surface area contributed by atoms with Crippen molar-refractivity contribution in [3.63, 3.8) is 0 Å². The van der Waals surface area contributed by atoms with Crippen molar-refractivity contribution in [1.82, 2.24) is 5.32 Å². The van der Waals surface area contributed by atoms with Crippen LogP contribution in [-0.2, 0) is 11.2 Å². The van der Waals surface area contributed by atoms with Crippen molar-refractivity contribution in [3.05, 3.63) is 29.8 Å². The average Bonchev–Trinajstić information content (AvgIpc) is 2.80. The molecule has 2 amide bonds. The molecule has 2 aliphatic rings. The van der Waals surface area contributed by atoms with Crippen molar-refractivity contribution in [1.29, 1.82) is 0 Å². The Morgan fingerprint density at radius 1 is 1.30 bits per heavy atom. The minimum absolute atomic E-state index is 0.192. The third-order valence-corrected chi connectivity index (χ3v) is 4.47. The molecule has 0 saturated heterocycles. The van der Waals surface area contributed by atoms with E-state index >= 15 is 0 Å². The highest BCUT2D eigenvalue weighted by Crippen LogP contribution is 2.40. The maximum Gasteiger partial charge on any atom is 0.321 e. The fourth-order valence-electron chi connectivity index (χ4n) is 2.96. The standard InChI is InChI=1S/C15H18N2O3/c18-13(19)15(7-3-8-15)10-16-14(20)17-9-6-11-4-1-2-5-12(11)17/h1-2,4-5H,3,6-10H2,(H,16,20)(H,18,19). The molecule has 5 nitrogen and oxygen atoms in total. The summed E-state index contributed by atoms with van der Waals surface area (Å²) in [6, 6.07) is 7.64. The lowest BCUT2D eigenvalue weighted by Crippen LogP contribution is -2.50. The van der Waals surface area contributed by atoms with E-state index < -0.39 is 11.4 Å². The number of carboxylic acid groups (broad SMARTS) is 1. The minimum Gasteiger partial charge on any atom is -0.481 e. The topological polar surface area (TPSA) is 69.6 Å². The second-order valence-corrected chi connectivity index (χ2v) is 5.63. The van der Waals surface area contributed by atoms with Crippen LogP contribution >= 0.6 is 0 Å². The second-order valence-electron chi connectivity index (χ2n) is 5.63. The summed E-state index contributed by atoms with van der Waals surface area (Å²) in [5, 5.41) is 12.1. The molecule has 1 aliphatic heterocycles. The molecule has 1 aromatic rings. The van der Waals surface area contributed by atoms with E-state index in [1.165, 1.54) is 5.56 Å². The molecule has 3 rings (SSSR count). The maximum atomic E-state index is 12.2. The molecule has 0 unspecified atom stereocenters. The summed E-state index contributed by atoms with van der Waals surface area (Å²) in [4.78, 5) is 25.2. The molecule has 1 aromatic carbocycles. The Kier molecular flexibility index (Phi) is 3.12. The zero-order valence-electron chi connectivity index (χ0n) is 11.3. The van der Waals surface area contributed by atoms with Gasteiger partial charge in [0, 0.05) is 18.8 Å². The highest BCUT2D eigenvalue weighted by Gasteiger charge is 2.44. The molecule has 2 N–H and O–H groups in total. The van der Waals surface area contributed by atoms with Crippen molar-refractivity contribution in [2.75, 3.05) is 18.0 Å².